The molecule has 0 radical (unpaired) electrons. The van der Waals surface area contributed by atoms with Crippen molar-refractivity contribution in [3.05, 3.63) is 65.5 Å². The summed E-state index contributed by atoms with van der Waals surface area (Å²) in [7, 11) is 4.97. The van der Waals surface area contributed by atoms with Crippen molar-refractivity contribution in [2.24, 2.45) is 7.05 Å². The maximum atomic E-state index is 12.5. The van der Waals surface area contributed by atoms with E-state index in [4.69, 9.17) is 9.47 Å². The van der Waals surface area contributed by atoms with E-state index in [-0.39, 0.29) is 23.5 Å². The van der Waals surface area contributed by atoms with Gasteiger partial charge in [0.25, 0.3) is 5.91 Å². The molecule has 1 N–H and O–H groups in total. The Kier molecular flexibility index (Phi) is 7.30. The molecule has 1 aromatic heterocycles. The molecule has 0 aliphatic carbocycles. The molecule has 0 saturated carbocycles. The number of ether oxygens (including phenoxy) is 2. The lowest BCUT2D eigenvalue weighted by atomic mass is 10.1. The van der Waals surface area contributed by atoms with Gasteiger partial charge < -0.3 is 19.4 Å². The van der Waals surface area contributed by atoms with Gasteiger partial charge in [0.05, 0.1) is 26.0 Å². The fourth-order valence-corrected chi connectivity index (χ4v) is 3.72. The normalized spacial score (nSPS) is 11.6. The number of nitrogens with zero attached hydrogens (tertiary/aromatic N) is 3. The summed E-state index contributed by atoms with van der Waals surface area (Å²) in [6.45, 7) is 1.84. The summed E-state index contributed by atoms with van der Waals surface area (Å²) in [5.41, 5.74) is 1.13. The molecule has 0 aliphatic rings. The van der Waals surface area contributed by atoms with Gasteiger partial charge in [-0.05, 0) is 55.5 Å². The Labute approximate surface area is 185 Å². The molecule has 3 aromatic rings. The summed E-state index contributed by atoms with van der Waals surface area (Å²) >= 11 is 1.30. The van der Waals surface area contributed by atoms with Gasteiger partial charge in [-0.1, -0.05) is 11.8 Å². The Morgan fingerprint density at radius 3 is 2.06 bits per heavy atom. The first-order valence-electron chi connectivity index (χ1n) is 9.57. The molecule has 0 aliphatic heterocycles. The van der Waals surface area contributed by atoms with Crippen molar-refractivity contribution in [1.29, 1.82) is 0 Å². The maximum Gasteiger partial charge on any atom is 0.251 e. The molecule has 1 unspecified atom stereocenters. The number of ketones is 1. The lowest BCUT2D eigenvalue weighted by molar-refractivity contribution is 0.0937. The summed E-state index contributed by atoms with van der Waals surface area (Å²) in [6.07, 6.45) is 0. The lowest BCUT2D eigenvalue weighted by Gasteiger charge is -2.14. The Bertz CT molecular complexity index is 1050. The van der Waals surface area contributed by atoms with Crippen molar-refractivity contribution in [1.82, 2.24) is 20.1 Å². The molecule has 31 heavy (non-hydrogen) atoms. The predicted molar refractivity (Wildman–Crippen MR) is 118 cm³/mol. The molecule has 8 nitrogen and oxygen atoms in total. The zero-order valence-corrected chi connectivity index (χ0v) is 18.6. The fourth-order valence-electron chi connectivity index (χ4n) is 2.91. The van der Waals surface area contributed by atoms with E-state index in [0.29, 0.717) is 33.6 Å². The van der Waals surface area contributed by atoms with E-state index in [1.165, 1.54) is 11.8 Å². The largest absolute Gasteiger partial charge is 0.497 e. The van der Waals surface area contributed by atoms with Crippen LogP contribution in [-0.2, 0) is 7.05 Å². The molecule has 0 saturated heterocycles. The van der Waals surface area contributed by atoms with Crippen LogP contribution in [0.1, 0.15) is 39.5 Å². The van der Waals surface area contributed by atoms with E-state index >= 15 is 0 Å². The van der Waals surface area contributed by atoms with Crippen LogP contribution in [0.4, 0.5) is 0 Å². The highest BCUT2D eigenvalue weighted by Crippen LogP contribution is 2.21. The number of hydrogen-bond acceptors (Lipinski definition) is 7. The zero-order chi connectivity index (χ0) is 22.4. The number of nitrogens with one attached hydrogen (secondary N) is 1. The first-order valence-corrected chi connectivity index (χ1v) is 10.6. The van der Waals surface area contributed by atoms with Gasteiger partial charge in [0.1, 0.15) is 11.5 Å². The van der Waals surface area contributed by atoms with Crippen LogP contribution < -0.4 is 14.8 Å². The molecule has 1 heterocycles. The second kappa shape index (κ2) is 10.1. The number of benzene rings is 2. The van der Waals surface area contributed by atoms with Crippen LogP contribution in [0.2, 0.25) is 0 Å². The van der Waals surface area contributed by atoms with Gasteiger partial charge in [0.2, 0.25) is 0 Å². The zero-order valence-electron chi connectivity index (χ0n) is 17.8. The van der Waals surface area contributed by atoms with E-state index in [1.54, 1.807) is 67.3 Å². The van der Waals surface area contributed by atoms with Gasteiger partial charge in [0.15, 0.2) is 16.8 Å². The second-order valence-corrected chi connectivity index (χ2v) is 7.71. The molecule has 9 heteroatoms. The third kappa shape index (κ3) is 5.43. The monoisotopic (exact) mass is 440 g/mol. The van der Waals surface area contributed by atoms with E-state index in [2.05, 4.69) is 15.5 Å². The number of thioether (sulfide) groups is 1. The van der Waals surface area contributed by atoms with Crippen LogP contribution in [0.5, 0.6) is 11.5 Å². The topological polar surface area (TPSA) is 95.3 Å². The third-order valence-electron chi connectivity index (χ3n) is 4.70. The Balaban J connectivity index is 1.60. The second-order valence-electron chi connectivity index (χ2n) is 6.76. The molecular weight excluding hydrogens is 416 g/mol. The van der Waals surface area contributed by atoms with Crippen LogP contribution in [-0.4, -0.2) is 46.4 Å². The summed E-state index contributed by atoms with van der Waals surface area (Å²) in [5.74, 6) is 1.98. The standard InChI is InChI=1S/C22H24N4O4S/c1-14(23-21(28)16-7-11-18(30-4)12-8-16)20-24-25-22(26(20)2)31-13-19(27)15-5-9-17(29-3)10-6-15/h5-12,14H,13H2,1-4H3,(H,23,28). The molecule has 1 atom stereocenters. The predicted octanol–water partition coefficient (Wildman–Crippen LogP) is 3.30. The number of carbonyl (C=O) groups is 2. The van der Waals surface area contributed by atoms with Crippen molar-refractivity contribution in [2.45, 2.75) is 18.1 Å². The number of rotatable bonds is 9. The van der Waals surface area contributed by atoms with E-state index in [1.807, 2.05) is 14.0 Å². The van der Waals surface area contributed by atoms with Crippen LogP contribution in [0, 0.1) is 0 Å². The SMILES string of the molecule is COc1ccc(C(=O)CSc2nnc(C(C)NC(=O)c3ccc(OC)cc3)n2C)cc1. The number of methoxy groups -OCH3 is 2. The number of Topliss-reactive ketones (excluding diaryl/α,β-unsaturated/α-hetero) is 1. The van der Waals surface area contributed by atoms with Crippen molar-refractivity contribution in [2.75, 3.05) is 20.0 Å². The highest BCUT2D eigenvalue weighted by atomic mass is 32.2. The van der Waals surface area contributed by atoms with Crippen LogP contribution in [0.25, 0.3) is 0 Å². The molecule has 1 amide bonds. The number of amides is 1. The van der Waals surface area contributed by atoms with Crippen LogP contribution >= 0.6 is 11.8 Å². The summed E-state index contributed by atoms with van der Waals surface area (Å²) in [5, 5.41) is 11.9. The maximum absolute atomic E-state index is 12.5. The van der Waals surface area contributed by atoms with Crippen molar-refractivity contribution in [3.63, 3.8) is 0 Å². The number of hydrogen-bond donors (Lipinski definition) is 1. The average Bonchev–Trinajstić information content (AvgIpc) is 3.17. The van der Waals surface area contributed by atoms with Crippen molar-refractivity contribution in [3.8, 4) is 11.5 Å². The highest BCUT2D eigenvalue weighted by Gasteiger charge is 2.19. The molecule has 0 fully saturated rings. The first kappa shape index (κ1) is 22.4. The Hall–Kier alpha value is -3.33. The van der Waals surface area contributed by atoms with Crippen LogP contribution in [0.15, 0.2) is 53.7 Å². The quantitative estimate of drug-likeness (QED) is 0.403. The Morgan fingerprint density at radius 2 is 1.52 bits per heavy atom. The first-order chi connectivity index (χ1) is 14.9. The molecule has 0 spiro atoms. The van der Waals surface area contributed by atoms with E-state index in [9.17, 15) is 9.59 Å². The average molecular weight is 441 g/mol. The minimum atomic E-state index is -0.362. The van der Waals surface area contributed by atoms with Gasteiger partial charge in [-0.2, -0.15) is 0 Å². The van der Waals surface area contributed by atoms with Gasteiger partial charge >= 0.3 is 0 Å². The molecule has 2 aromatic carbocycles. The van der Waals surface area contributed by atoms with E-state index in [0.717, 1.165) is 0 Å². The summed E-state index contributed by atoms with van der Waals surface area (Å²) in [4.78, 5) is 24.9. The minimum absolute atomic E-state index is 0.0157. The summed E-state index contributed by atoms with van der Waals surface area (Å²) < 4.78 is 12.0. The third-order valence-corrected chi connectivity index (χ3v) is 5.72. The van der Waals surface area contributed by atoms with Gasteiger partial charge in [-0.3, -0.25) is 9.59 Å². The molecular formula is C22H24N4O4S. The number of carbonyl (C=O) groups excluding carboxylic acids is 2. The highest BCUT2D eigenvalue weighted by molar-refractivity contribution is 7.99. The molecule has 0 bridgehead atoms. The van der Waals surface area contributed by atoms with E-state index < -0.39 is 0 Å². The van der Waals surface area contributed by atoms with Crippen molar-refractivity contribution >= 4 is 23.5 Å². The van der Waals surface area contributed by atoms with Gasteiger partial charge in [-0.25, -0.2) is 0 Å². The van der Waals surface area contributed by atoms with Gasteiger partial charge in [0, 0.05) is 18.2 Å². The van der Waals surface area contributed by atoms with Gasteiger partial charge in [-0.15, -0.1) is 10.2 Å². The fraction of sp³-hybridized carbons (Fsp3) is 0.273. The lowest BCUT2D eigenvalue weighted by Crippen LogP contribution is -2.28. The summed E-state index contributed by atoms with van der Waals surface area (Å²) in [6, 6.07) is 13.5. The van der Waals surface area contributed by atoms with Crippen molar-refractivity contribution < 1.29 is 19.1 Å². The molecule has 162 valence electrons. The minimum Gasteiger partial charge on any atom is -0.497 e. The smallest absolute Gasteiger partial charge is 0.251 e. The van der Waals surface area contributed by atoms with Crippen LogP contribution in [0.3, 0.4) is 0 Å². The number of aromatic nitrogens is 3. The Morgan fingerprint density at radius 1 is 0.968 bits per heavy atom. The molecule has 3 rings (SSSR count).